The molecule has 3 rings (SSSR count). The maximum Gasteiger partial charge on any atom is 0.132 e. The van der Waals surface area contributed by atoms with Crippen molar-refractivity contribution in [2.45, 2.75) is 70.2 Å². The Morgan fingerprint density at radius 3 is 2.90 bits per heavy atom. The SMILES string of the molecule is CCOC1CC(NC(C)CC(O)c2ccco2)C12CCC2. The van der Waals surface area contributed by atoms with Crippen LogP contribution in [0.5, 0.6) is 0 Å². The summed E-state index contributed by atoms with van der Waals surface area (Å²) in [6.45, 7) is 5.04. The van der Waals surface area contributed by atoms with E-state index in [-0.39, 0.29) is 6.04 Å². The van der Waals surface area contributed by atoms with Gasteiger partial charge in [-0.05, 0) is 51.7 Å². The van der Waals surface area contributed by atoms with Crippen molar-refractivity contribution in [3.63, 3.8) is 0 Å². The molecule has 118 valence electrons. The van der Waals surface area contributed by atoms with Crippen LogP contribution in [0.4, 0.5) is 0 Å². The third kappa shape index (κ3) is 2.77. The fourth-order valence-corrected chi connectivity index (χ4v) is 4.02. The van der Waals surface area contributed by atoms with Gasteiger partial charge in [0.05, 0.1) is 12.4 Å². The van der Waals surface area contributed by atoms with Gasteiger partial charge in [0.25, 0.3) is 0 Å². The number of ether oxygens (including phenoxy) is 1. The molecule has 4 heteroatoms. The van der Waals surface area contributed by atoms with Crippen molar-refractivity contribution in [3.8, 4) is 0 Å². The molecule has 0 amide bonds. The highest BCUT2D eigenvalue weighted by Gasteiger charge is 2.58. The molecule has 0 radical (unpaired) electrons. The first-order chi connectivity index (χ1) is 10.2. The van der Waals surface area contributed by atoms with E-state index in [9.17, 15) is 5.11 Å². The molecule has 2 aliphatic rings. The second-order valence-corrected chi connectivity index (χ2v) is 6.65. The zero-order valence-corrected chi connectivity index (χ0v) is 13.0. The first kappa shape index (κ1) is 15.1. The summed E-state index contributed by atoms with van der Waals surface area (Å²) in [5, 5.41) is 13.9. The zero-order chi connectivity index (χ0) is 14.9. The highest BCUT2D eigenvalue weighted by molar-refractivity contribution is 5.12. The minimum absolute atomic E-state index is 0.273. The largest absolute Gasteiger partial charge is 0.467 e. The summed E-state index contributed by atoms with van der Waals surface area (Å²) in [6, 6.07) is 4.47. The van der Waals surface area contributed by atoms with Crippen molar-refractivity contribution in [1.82, 2.24) is 5.32 Å². The molecule has 2 saturated carbocycles. The Kier molecular flexibility index (Phi) is 4.38. The van der Waals surface area contributed by atoms with Gasteiger partial charge in [-0.15, -0.1) is 0 Å². The van der Waals surface area contributed by atoms with Crippen molar-refractivity contribution in [1.29, 1.82) is 0 Å². The summed E-state index contributed by atoms with van der Waals surface area (Å²) in [5.74, 6) is 0.655. The maximum atomic E-state index is 10.2. The third-order valence-electron chi connectivity index (χ3n) is 5.37. The fourth-order valence-electron chi connectivity index (χ4n) is 4.02. The second-order valence-electron chi connectivity index (χ2n) is 6.65. The molecule has 0 aliphatic heterocycles. The molecule has 4 unspecified atom stereocenters. The van der Waals surface area contributed by atoms with Gasteiger partial charge in [0, 0.05) is 24.1 Å². The first-order valence-corrected chi connectivity index (χ1v) is 8.25. The van der Waals surface area contributed by atoms with Gasteiger partial charge in [0.15, 0.2) is 0 Å². The lowest BCUT2D eigenvalue weighted by Crippen LogP contribution is -2.68. The molecule has 2 N–H and O–H groups in total. The first-order valence-electron chi connectivity index (χ1n) is 8.25. The van der Waals surface area contributed by atoms with E-state index in [0.717, 1.165) is 13.0 Å². The molecule has 4 nitrogen and oxygen atoms in total. The van der Waals surface area contributed by atoms with Crippen molar-refractivity contribution in [2.75, 3.05) is 6.61 Å². The monoisotopic (exact) mass is 293 g/mol. The topological polar surface area (TPSA) is 54.6 Å². The third-order valence-corrected chi connectivity index (χ3v) is 5.37. The van der Waals surface area contributed by atoms with Gasteiger partial charge in [-0.25, -0.2) is 0 Å². The smallest absolute Gasteiger partial charge is 0.132 e. The predicted octanol–water partition coefficient (Wildman–Crippen LogP) is 3.03. The lowest BCUT2D eigenvalue weighted by atomic mass is 9.51. The molecule has 1 aromatic heterocycles. The number of hydrogen-bond donors (Lipinski definition) is 2. The van der Waals surface area contributed by atoms with Crippen LogP contribution in [0, 0.1) is 5.41 Å². The van der Waals surface area contributed by atoms with E-state index in [1.807, 2.05) is 12.1 Å². The van der Waals surface area contributed by atoms with E-state index in [1.54, 1.807) is 6.26 Å². The lowest BCUT2D eigenvalue weighted by Gasteiger charge is -2.61. The Hall–Kier alpha value is -0.840. The van der Waals surface area contributed by atoms with Crippen LogP contribution in [0.3, 0.4) is 0 Å². The standard InChI is InChI=1S/C17H27NO3/c1-3-20-16-11-15(17(16)7-5-8-17)18-12(2)10-13(19)14-6-4-9-21-14/h4,6,9,12-13,15-16,18-19H,3,5,7-8,10-11H2,1-2H3. The van der Waals surface area contributed by atoms with Crippen LogP contribution in [0.2, 0.25) is 0 Å². The summed E-state index contributed by atoms with van der Waals surface area (Å²) in [4.78, 5) is 0. The van der Waals surface area contributed by atoms with Crippen molar-refractivity contribution < 1.29 is 14.3 Å². The Bertz CT molecular complexity index is 441. The maximum absolute atomic E-state index is 10.2. The average Bonchev–Trinajstić information content (AvgIpc) is 2.89. The van der Waals surface area contributed by atoms with E-state index in [4.69, 9.17) is 9.15 Å². The summed E-state index contributed by atoms with van der Waals surface area (Å²) in [7, 11) is 0. The van der Waals surface area contributed by atoms with Gasteiger partial charge in [-0.3, -0.25) is 0 Å². The molecule has 0 bridgehead atoms. The molecule has 1 aromatic rings. The Labute approximate surface area is 126 Å². The minimum atomic E-state index is -0.525. The van der Waals surface area contributed by atoms with Crippen molar-refractivity contribution in [3.05, 3.63) is 24.2 Å². The molecule has 21 heavy (non-hydrogen) atoms. The molecule has 2 fully saturated rings. The van der Waals surface area contributed by atoms with Crippen molar-refractivity contribution >= 4 is 0 Å². The van der Waals surface area contributed by atoms with Gasteiger partial charge >= 0.3 is 0 Å². The van der Waals surface area contributed by atoms with Crippen LogP contribution in [0.25, 0.3) is 0 Å². The number of rotatable bonds is 7. The molecular weight excluding hydrogens is 266 g/mol. The zero-order valence-electron chi connectivity index (χ0n) is 13.0. The quantitative estimate of drug-likeness (QED) is 0.811. The van der Waals surface area contributed by atoms with Crippen LogP contribution in [-0.2, 0) is 4.74 Å². The molecule has 1 heterocycles. The van der Waals surface area contributed by atoms with E-state index in [0.29, 0.717) is 29.7 Å². The molecular formula is C17H27NO3. The normalized spacial score (nSPS) is 29.7. The second kappa shape index (κ2) is 6.11. The molecule has 4 atom stereocenters. The van der Waals surface area contributed by atoms with Gasteiger partial charge < -0.3 is 19.6 Å². The van der Waals surface area contributed by atoms with Gasteiger partial charge in [0.1, 0.15) is 11.9 Å². The highest BCUT2D eigenvalue weighted by atomic mass is 16.5. The fraction of sp³-hybridized carbons (Fsp3) is 0.765. The summed E-state index contributed by atoms with van der Waals surface area (Å²) in [5.41, 5.74) is 0.375. The van der Waals surface area contributed by atoms with Gasteiger partial charge in [-0.1, -0.05) is 6.42 Å². The van der Waals surface area contributed by atoms with E-state index in [2.05, 4.69) is 19.2 Å². The van der Waals surface area contributed by atoms with Gasteiger partial charge in [-0.2, -0.15) is 0 Å². The van der Waals surface area contributed by atoms with E-state index in [1.165, 1.54) is 19.3 Å². The van der Waals surface area contributed by atoms with Gasteiger partial charge in [0.2, 0.25) is 0 Å². The molecule has 1 spiro atoms. The van der Waals surface area contributed by atoms with Crippen LogP contribution >= 0.6 is 0 Å². The van der Waals surface area contributed by atoms with Crippen LogP contribution in [0.15, 0.2) is 22.8 Å². The summed E-state index contributed by atoms with van der Waals surface area (Å²) in [6.07, 6.45) is 7.20. The number of furan rings is 1. The summed E-state index contributed by atoms with van der Waals surface area (Å²) < 4.78 is 11.1. The van der Waals surface area contributed by atoms with Crippen LogP contribution in [-0.4, -0.2) is 29.9 Å². The van der Waals surface area contributed by atoms with E-state index < -0.39 is 6.10 Å². The molecule has 2 aliphatic carbocycles. The number of nitrogens with one attached hydrogen (secondary N) is 1. The molecule has 0 aromatic carbocycles. The number of hydrogen-bond acceptors (Lipinski definition) is 4. The molecule has 0 saturated heterocycles. The number of aliphatic hydroxyl groups excluding tert-OH is 1. The van der Waals surface area contributed by atoms with Crippen LogP contribution < -0.4 is 5.32 Å². The summed E-state index contributed by atoms with van der Waals surface area (Å²) >= 11 is 0. The Balaban J connectivity index is 1.50. The average molecular weight is 293 g/mol. The van der Waals surface area contributed by atoms with E-state index >= 15 is 0 Å². The Morgan fingerprint density at radius 2 is 2.33 bits per heavy atom. The van der Waals surface area contributed by atoms with Crippen LogP contribution in [0.1, 0.15) is 57.8 Å². The van der Waals surface area contributed by atoms with Crippen molar-refractivity contribution in [2.24, 2.45) is 5.41 Å². The number of aliphatic hydroxyl groups is 1. The Morgan fingerprint density at radius 1 is 1.52 bits per heavy atom. The lowest BCUT2D eigenvalue weighted by molar-refractivity contribution is -0.174. The highest BCUT2D eigenvalue weighted by Crippen LogP contribution is 2.57. The predicted molar refractivity (Wildman–Crippen MR) is 81.0 cm³/mol. The minimum Gasteiger partial charge on any atom is -0.467 e.